The molecular formula is C26H31NO6S. The van der Waals surface area contributed by atoms with Crippen LogP contribution in [0.25, 0.3) is 6.08 Å². The standard InChI is InChI=1S/C22H27NO2S.C4H4O4/c1-16-8-13-26-21(16)7-6-20(24)19-14-17(2)22(18(3)15-19)25-12-11-23-9-4-5-10-23;5-3(6)1-2-4(7)8/h6-8,13-15H,4-5,9-12H2,1-3H3;1-2H,(H,5,6)(H,7,8)/b7-6+;2-1+. The first kappa shape index (κ1) is 27.0. The normalized spacial score (nSPS) is 13.7. The summed E-state index contributed by atoms with van der Waals surface area (Å²) in [6.45, 7) is 10.1. The van der Waals surface area contributed by atoms with Crippen LogP contribution in [0.4, 0.5) is 0 Å². The number of carbonyl (C=O) groups is 3. The summed E-state index contributed by atoms with van der Waals surface area (Å²) >= 11 is 1.65. The summed E-state index contributed by atoms with van der Waals surface area (Å²) in [5.74, 6) is -1.56. The minimum Gasteiger partial charge on any atom is -0.492 e. The Morgan fingerprint density at radius 3 is 2.06 bits per heavy atom. The van der Waals surface area contributed by atoms with Gasteiger partial charge in [-0.3, -0.25) is 9.69 Å². The fourth-order valence-electron chi connectivity index (χ4n) is 3.55. The second-order valence-corrected chi connectivity index (χ2v) is 8.96. The first-order valence-corrected chi connectivity index (χ1v) is 11.9. The minimum absolute atomic E-state index is 0.0348. The summed E-state index contributed by atoms with van der Waals surface area (Å²) in [4.78, 5) is 35.2. The maximum Gasteiger partial charge on any atom is 0.328 e. The third-order valence-corrected chi connectivity index (χ3v) is 6.24. The van der Waals surface area contributed by atoms with Crippen LogP contribution in [-0.4, -0.2) is 59.1 Å². The number of rotatable bonds is 9. The maximum atomic E-state index is 12.5. The van der Waals surface area contributed by atoms with Gasteiger partial charge >= 0.3 is 11.9 Å². The summed E-state index contributed by atoms with van der Waals surface area (Å²) in [5.41, 5.74) is 3.97. The molecule has 0 spiro atoms. The lowest BCUT2D eigenvalue weighted by Crippen LogP contribution is -2.25. The molecule has 1 aliphatic rings. The molecule has 34 heavy (non-hydrogen) atoms. The third kappa shape index (κ3) is 8.96. The Labute approximate surface area is 204 Å². The van der Waals surface area contributed by atoms with Crippen molar-refractivity contribution in [2.75, 3.05) is 26.2 Å². The summed E-state index contributed by atoms with van der Waals surface area (Å²) in [5, 5.41) is 17.7. The van der Waals surface area contributed by atoms with E-state index < -0.39 is 11.9 Å². The molecule has 0 atom stereocenters. The number of nitrogens with zero attached hydrogens (tertiary/aromatic N) is 1. The van der Waals surface area contributed by atoms with Crippen LogP contribution in [0.5, 0.6) is 5.75 Å². The van der Waals surface area contributed by atoms with Crippen molar-refractivity contribution in [2.45, 2.75) is 33.6 Å². The zero-order valence-corrected chi connectivity index (χ0v) is 20.6. The fourth-order valence-corrected chi connectivity index (χ4v) is 4.37. The van der Waals surface area contributed by atoms with Gasteiger partial charge in [0.15, 0.2) is 5.78 Å². The number of thiophene rings is 1. The van der Waals surface area contributed by atoms with Crippen LogP contribution in [-0.2, 0) is 9.59 Å². The molecule has 0 unspecified atom stereocenters. The molecule has 1 aromatic carbocycles. The van der Waals surface area contributed by atoms with Gasteiger partial charge in [-0.05, 0) is 99.1 Å². The van der Waals surface area contributed by atoms with Gasteiger partial charge in [0.2, 0.25) is 0 Å². The monoisotopic (exact) mass is 485 g/mol. The van der Waals surface area contributed by atoms with Crippen molar-refractivity contribution < 1.29 is 29.3 Å². The van der Waals surface area contributed by atoms with Crippen molar-refractivity contribution in [3.05, 3.63) is 68.9 Å². The van der Waals surface area contributed by atoms with Gasteiger partial charge < -0.3 is 14.9 Å². The summed E-state index contributed by atoms with van der Waals surface area (Å²) in [7, 11) is 0. The highest BCUT2D eigenvalue weighted by molar-refractivity contribution is 7.11. The van der Waals surface area contributed by atoms with Crippen LogP contribution in [0.3, 0.4) is 0 Å². The Morgan fingerprint density at radius 2 is 1.56 bits per heavy atom. The average Bonchev–Trinajstić information content (AvgIpc) is 3.44. The molecule has 2 N–H and O–H groups in total. The Kier molecular flexibility index (Phi) is 10.7. The van der Waals surface area contributed by atoms with Crippen LogP contribution in [0.1, 0.15) is 44.8 Å². The van der Waals surface area contributed by atoms with Crippen molar-refractivity contribution in [1.82, 2.24) is 4.90 Å². The van der Waals surface area contributed by atoms with Gasteiger partial charge in [0.25, 0.3) is 0 Å². The lowest BCUT2D eigenvalue weighted by Gasteiger charge is -2.17. The zero-order valence-electron chi connectivity index (χ0n) is 19.7. The van der Waals surface area contributed by atoms with Crippen LogP contribution < -0.4 is 4.74 Å². The van der Waals surface area contributed by atoms with E-state index in [1.165, 1.54) is 31.5 Å². The smallest absolute Gasteiger partial charge is 0.328 e. The number of benzene rings is 1. The largest absolute Gasteiger partial charge is 0.492 e. The first-order valence-electron chi connectivity index (χ1n) is 11.0. The number of aliphatic carboxylic acids is 2. The number of likely N-dealkylation sites (tertiary alicyclic amines) is 1. The molecule has 2 aromatic rings. The predicted molar refractivity (Wildman–Crippen MR) is 134 cm³/mol. The van der Waals surface area contributed by atoms with Crippen LogP contribution >= 0.6 is 11.3 Å². The molecule has 1 fully saturated rings. The quantitative estimate of drug-likeness (QED) is 0.390. The number of allylic oxidation sites excluding steroid dienone is 1. The van der Waals surface area contributed by atoms with E-state index in [4.69, 9.17) is 14.9 Å². The Bertz CT molecular complexity index is 1020. The summed E-state index contributed by atoms with van der Waals surface area (Å²) < 4.78 is 6.03. The van der Waals surface area contributed by atoms with Crippen molar-refractivity contribution in [3.8, 4) is 5.75 Å². The van der Waals surface area contributed by atoms with Crippen LogP contribution in [0.15, 0.2) is 41.8 Å². The molecule has 0 saturated carbocycles. The van der Waals surface area contributed by atoms with Gasteiger partial charge in [-0.15, -0.1) is 11.3 Å². The highest BCUT2D eigenvalue weighted by atomic mass is 32.1. The van der Waals surface area contributed by atoms with E-state index in [1.54, 1.807) is 17.4 Å². The number of carbonyl (C=O) groups excluding carboxylic acids is 1. The first-order chi connectivity index (χ1) is 16.2. The Hall–Kier alpha value is -3.23. The van der Waals surface area contributed by atoms with Crippen molar-refractivity contribution in [3.63, 3.8) is 0 Å². The van der Waals surface area contributed by atoms with Gasteiger partial charge in [0.05, 0.1) is 0 Å². The van der Waals surface area contributed by atoms with E-state index in [2.05, 4.69) is 17.9 Å². The van der Waals surface area contributed by atoms with Gasteiger partial charge in [-0.2, -0.15) is 0 Å². The zero-order chi connectivity index (χ0) is 25.1. The Morgan fingerprint density at radius 1 is 0.971 bits per heavy atom. The molecule has 2 heterocycles. The molecule has 182 valence electrons. The number of carboxylic acid groups (broad SMARTS) is 2. The molecule has 0 aliphatic carbocycles. The summed E-state index contributed by atoms with van der Waals surface area (Å²) in [6, 6.07) is 5.94. The van der Waals surface area contributed by atoms with E-state index in [0.29, 0.717) is 18.8 Å². The second kappa shape index (κ2) is 13.5. The van der Waals surface area contributed by atoms with Crippen LogP contribution in [0, 0.1) is 20.8 Å². The van der Waals surface area contributed by atoms with E-state index in [9.17, 15) is 14.4 Å². The van der Waals surface area contributed by atoms with E-state index >= 15 is 0 Å². The number of hydrogen-bond donors (Lipinski definition) is 2. The third-order valence-electron chi connectivity index (χ3n) is 5.25. The van der Waals surface area contributed by atoms with Gasteiger partial charge in [0, 0.05) is 29.1 Å². The molecule has 1 saturated heterocycles. The van der Waals surface area contributed by atoms with Gasteiger partial charge in [-0.25, -0.2) is 9.59 Å². The van der Waals surface area contributed by atoms with E-state index in [0.717, 1.165) is 33.9 Å². The van der Waals surface area contributed by atoms with Crippen molar-refractivity contribution in [2.24, 2.45) is 0 Å². The molecule has 7 nitrogen and oxygen atoms in total. The lowest BCUT2D eigenvalue weighted by atomic mass is 10.0. The van der Waals surface area contributed by atoms with Crippen LogP contribution in [0.2, 0.25) is 0 Å². The number of ether oxygens (including phenoxy) is 1. The van der Waals surface area contributed by atoms with Crippen molar-refractivity contribution in [1.29, 1.82) is 0 Å². The molecule has 0 radical (unpaired) electrons. The Balaban J connectivity index is 0.000000440. The molecule has 1 aromatic heterocycles. The number of aryl methyl sites for hydroxylation is 3. The fraction of sp³-hybridized carbons (Fsp3) is 0.346. The topological polar surface area (TPSA) is 104 Å². The molecule has 3 rings (SSSR count). The van der Waals surface area contributed by atoms with E-state index in [-0.39, 0.29) is 5.78 Å². The SMILES string of the molecule is Cc1ccsc1/C=C/C(=O)c1cc(C)c(OCCN2CCCC2)c(C)c1.O=C(O)/C=C/C(=O)O. The predicted octanol–water partition coefficient (Wildman–Crippen LogP) is 4.76. The summed E-state index contributed by atoms with van der Waals surface area (Å²) in [6.07, 6.45) is 7.29. The highest BCUT2D eigenvalue weighted by Crippen LogP contribution is 2.26. The van der Waals surface area contributed by atoms with Crippen molar-refractivity contribution >= 4 is 35.1 Å². The molecule has 1 aliphatic heterocycles. The average molecular weight is 486 g/mol. The minimum atomic E-state index is -1.26. The number of carboxylic acids is 2. The maximum absolute atomic E-state index is 12.5. The lowest BCUT2D eigenvalue weighted by molar-refractivity contribution is -0.134. The molecule has 8 heteroatoms. The van der Waals surface area contributed by atoms with E-state index in [1.807, 2.05) is 37.4 Å². The number of hydrogen-bond acceptors (Lipinski definition) is 6. The van der Waals surface area contributed by atoms with Gasteiger partial charge in [0.1, 0.15) is 12.4 Å². The second-order valence-electron chi connectivity index (χ2n) is 8.01. The number of ketones is 1. The highest BCUT2D eigenvalue weighted by Gasteiger charge is 2.13. The molecular weight excluding hydrogens is 454 g/mol. The molecule has 0 bridgehead atoms. The van der Waals surface area contributed by atoms with Gasteiger partial charge in [-0.1, -0.05) is 0 Å². The molecule has 0 amide bonds.